The summed E-state index contributed by atoms with van der Waals surface area (Å²) in [6.45, 7) is 3.35. The third kappa shape index (κ3) is 1.83. The summed E-state index contributed by atoms with van der Waals surface area (Å²) in [5, 5.41) is 9.81. The van der Waals surface area contributed by atoms with Gasteiger partial charge in [0.15, 0.2) is 0 Å². The molecule has 4 rings (SSSR count). The number of aliphatic hydroxyl groups excluding tert-OH is 1. The molecule has 0 saturated carbocycles. The van der Waals surface area contributed by atoms with Crippen LogP contribution in [0.15, 0.2) is 0 Å². The number of aliphatic hydroxyl groups is 1. The van der Waals surface area contributed by atoms with Gasteiger partial charge in [0.1, 0.15) is 6.10 Å². The van der Waals surface area contributed by atoms with Gasteiger partial charge in [0.25, 0.3) is 5.91 Å². The Labute approximate surface area is 114 Å². The van der Waals surface area contributed by atoms with E-state index in [-0.39, 0.29) is 5.91 Å². The smallest absolute Gasteiger partial charge is 0.251 e. The van der Waals surface area contributed by atoms with Crippen LogP contribution in [0, 0.1) is 11.8 Å². The maximum atomic E-state index is 12.2. The van der Waals surface area contributed by atoms with Crippen LogP contribution in [0.2, 0.25) is 0 Å². The molecule has 4 saturated heterocycles. The fourth-order valence-corrected chi connectivity index (χ4v) is 5.10. The number of carbonyl (C=O) groups excluding carboxylic acids is 1. The van der Waals surface area contributed by atoms with Gasteiger partial charge in [-0.1, -0.05) is 6.42 Å². The molecule has 19 heavy (non-hydrogen) atoms. The highest BCUT2D eigenvalue weighted by Gasteiger charge is 2.49. The predicted molar refractivity (Wildman–Crippen MR) is 71.6 cm³/mol. The Morgan fingerprint density at radius 2 is 1.84 bits per heavy atom. The number of rotatable bonds is 0. The molecule has 106 valence electrons. The maximum Gasteiger partial charge on any atom is 0.251 e. The summed E-state index contributed by atoms with van der Waals surface area (Å²) in [4.78, 5) is 17.0. The largest absolute Gasteiger partial charge is 0.383 e. The molecule has 0 radical (unpaired) electrons. The van der Waals surface area contributed by atoms with Crippen molar-refractivity contribution in [2.75, 3.05) is 19.6 Å². The van der Waals surface area contributed by atoms with Crippen LogP contribution in [-0.2, 0) is 4.79 Å². The molecule has 4 nitrogen and oxygen atoms in total. The van der Waals surface area contributed by atoms with Gasteiger partial charge in [-0.2, -0.15) is 0 Å². The van der Waals surface area contributed by atoms with Crippen LogP contribution in [0.5, 0.6) is 0 Å². The first-order valence-electron chi connectivity index (χ1n) is 7.96. The fraction of sp³-hybridized carbons (Fsp3) is 0.933. The quantitative estimate of drug-likeness (QED) is 0.705. The molecule has 5 atom stereocenters. The molecule has 0 aromatic carbocycles. The molecule has 0 aliphatic carbocycles. The van der Waals surface area contributed by atoms with E-state index >= 15 is 0 Å². The summed E-state index contributed by atoms with van der Waals surface area (Å²) >= 11 is 0. The van der Waals surface area contributed by atoms with Crippen molar-refractivity contribution in [1.82, 2.24) is 9.80 Å². The highest BCUT2D eigenvalue weighted by molar-refractivity contribution is 5.82. The summed E-state index contributed by atoms with van der Waals surface area (Å²) < 4.78 is 0. The Morgan fingerprint density at radius 3 is 2.74 bits per heavy atom. The Hall–Kier alpha value is -0.610. The van der Waals surface area contributed by atoms with Gasteiger partial charge >= 0.3 is 0 Å². The average Bonchev–Trinajstić information content (AvgIpc) is 2.44. The van der Waals surface area contributed by atoms with E-state index in [4.69, 9.17) is 0 Å². The van der Waals surface area contributed by atoms with Crippen molar-refractivity contribution in [3.05, 3.63) is 0 Å². The predicted octanol–water partition coefficient (Wildman–Crippen LogP) is 0.843. The van der Waals surface area contributed by atoms with E-state index in [0.29, 0.717) is 30.3 Å². The van der Waals surface area contributed by atoms with E-state index in [0.717, 1.165) is 13.0 Å². The zero-order valence-electron chi connectivity index (χ0n) is 11.5. The Morgan fingerprint density at radius 1 is 1.00 bits per heavy atom. The van der Waals surface area contributed by atoms with Gasteiger partial charge in [-0.15, -0.1) is 0 Å². The second-order valence-corrected chi connectivity index (χ2v) is 6.97. The molecule has 0 aromatic heterocycles. The monoisotopic (exact) mass is 264 g/mol. The number of nitrogens with zero attached hydrogens (tertiary/aromatic N) is 2. The molecule has 2 bridgehead atoms. The van der Waals surface area contributed by atoms with Crippen molar-refractivity contribution in [2.45, 2.75) is 56.7 Å². The highest BCUT2D eigenvalue weighted by atomic mass is 16.3. The molecule has 4 aliphatic rings. The summed E-state index contributed by atoms with van der Waals surface area (Å²) in [6.07, 6.45) is 6.27. The first kappa shape index (κ1) is 12.2. The lowest BCUT2D eigenvalue weighted by Crippen LogP contribution is -2.66. The summed E-state index contributed by atoms with van der Waals surface area (Å²) in [5.74, 6) is 1.32. The Balaban J connectivity index is 1.59. The molecular formula is C15H24N2O2. The maximum absolute atomic E-state index is 12.2. The molecule has 0 spiro atoms. The van der Waals surface area contributed by atoms with Crippen molar-refractivity contribution < 1.29 is 9.90 Å². The minimum atomic E-state index is -0.725. The number of piperidine rings is 4. The van der Waals surface area contributed by atoms with Gasteiger partial charge in [-0.25, -0.2) is 0 Å². The Kier molecular flexibility index (Phi) is 2.85. The van der Waals surface area contributed by atoms with Gasteiger partial charge in [0.05, 0.1) is 0 Å². The SMILES string of the molecule is O=C1[C@H](O)CC[C@@H]2[C@H]3C[C@@H](CN12)[C@@H]1CCCCN1C3. The molecule has 4 heterocycles. The van der Waals surface area contributed by atoms with E-state index in [1.165, 1.54) is 38.8 Å². The van der Waals surface area contributed by atoms with Gasteiger partial charge < -0.3 is 10.0 Å². The zero-order chi connectivity index (χ0) is 13.0. The summed E-state index contributed by atoms with van der Waals surface area (Å²) in [6, 6.07) is 1.12. The number of carbonyl (C=O) groups is 1. The molecule has 0 aromatic rings. The van der Waals surface area contributed by atoms with Crippen LogP contribution in [0.1, 0.15) is 38.5 Å². The van der Waals surface area contributed by atoms with Crippen LogP contribution in [-0.4, -0.2) is 58.6 Å². The minimum Gasteiger partial charge on any atom is -0.383 e. The first-order chi connectivity index (χ1) is 9.24. The van der Waals surface area contributed by atoms with Gasteiger partial charge in [-0.05, 0) is 50.5 Å². The third-order valence-corrected chi connectivity index (χ3v) is 5.96. The summed E-state index contributed by atoms with van der Waals surface area (Å²) in [5.41, 5.74) is 0. The molecule has 0 unspecified atom stereocenters. The second-order valence-electron chi connectivity index (χ2n) is 6.97. The van der Waals surface area contributed by atoms with E-state index in [9.17, 15) is 9.90 Å². The zero-order valence-corrected chi connectivity index (χ0v) is 11.5. The molecule has 4 aliphatic heterocycles. The normalized spacial score (nSPS) is 46.7. The van der Waals surface area contributed by atoms with Crippen molar-refractivity contribution in [1.29, 1.82) is 0 Å². The molecule has 1 amide bonds. The number of amides is 1. The van der Waals surface area contributed by atoms with E-state index in [2.05, 4.69) is 4.90 Å². The number of fused-ring (bicyclic) bond motifs is 6. The number of hydrogen-bond acceptors (Lipinski definition) is 3. The molecule has 1 N–H and O–H groups in total. The van der Waals surface area contributed by atoms with Gasteiger partial charge in [0.2, 0.25) is 0 Å². The van der Waals surface area contributed by atoms with Crippen molar-refractivity contribution >= 4 is 5.91 Å². The lowest BCUT2D eigenvalue weighted by molar-refractivity contribution is -0.160. The lowest BCUT2D eigenvalue weighted by atomic mass is 9.70. The molecular weight excluding hydrogens is 240 g/mol. The average molecular weight is 264 g/mol. The minimum absolute atomic E-state index is 0.00945. The third-order valence-electron chi connectivity index (χ3n) is 5.96. The standard InChI is InChI=1S/C15H24N2O2/c18-14-5-4-13-10-7-11(9-17(13)15(14)19)12-3-1-2-6-16(12)8-10/h10-14,18H,1-9H2/t10-,11-,12-,13+,14+/m0/s1. The highest BCUT2D eigenvalue weighted by Crippen LogP contribution is 2.42. The van der Waals surface area contributed by atoms with E-state index in [1.807, 2.05) is 4.90 Å². The first-order valence-corrected chi connectivity index (χ1v) is 7.96. The Bertz CT molecular complexity index is 386. The fourth-order valence-electron chi connectivity index (χ4n) is 5.10. The lowest BCUT2D eigenvalue weighted by Gasteiger charge is -2.57. The van der Waals surface area contributed by atoms with Crippen LogP contribution < -0.4 is 0 Å². The van der Waals surface area contributed by atoms with Crippen LogP contribution in [0.4, 0.5) is 0 Å². The van der Waals surface area contributed by atoms with Crippen molar-refractivity contribution in [2.24, 2.45) is 11.8 Å². The van der Waals surface area contributed by atoms with Crippen LogP contribution >= 0.6 is 0 Å². The van der Waals surface area contributed by atoms with Gasteiger partial charge in [-0.3, -0.25) is 9.69 Å². The van der Waals surface area contributed by atoms with Crippen molar-refractivity contribution in [3.8, 4) is 0 Å². The van der Waals surface area contributed by atoms with E-state index in [1.54, 1.807) is 0 Å². The second kappa shape index (κ2) is 4.45. The van der Waals surface area contributed by atoms with E-state index < -0.39 is 6.10 Å². The van der Waals surface area contributed by atoms with Crippen LogP contribution in [0.25, 0.3) is 0 Å². The van der Waals surface area contributed by atoms with Gasteiger partial charge in [0, 0.05) is 25.2 Å². The number of hydrogen-bond donors (Lipinski definition) is 1. The summed E-state index contributed by atoms with van der Waals surface area (Å²) in [7, 11) is 0. The topological polar surface area (TPSA) is 43.8 Å². The van der Waals surface area contributed by atoms with Crippen molar-refractivity contribution in [3.63, 3.8) is 0 Å². The molecule has 4 fully saturated rings. The van der Waals surface area contributed by atoms with Crippen LogP contribution in [0.3, 0.4) is 0 Å². The molecule has 4 heteroatoms.